The molecule has 1 aliphatic rings. The first kappa shape index (κ1) is 21.1. The van der Waals surface area contributed by atoms with Crippen LogP contribution in [0.2, 0.25) is 0 Å². The predicted molar refractivity (Wildman–Crippen MR) is 112 cm³/mol. The minimum absolute atomic E-state index is 0.0293. The Morgan fingerprint density at radius 3 is 2.24 bits per heavy atom. The standard InChI is InChI=1S/C21H27N3O4S/c1-4-23(13-20(25)22-18-11-12-29(27,28)14-18)21(26)17-7-9-19(10-8-17)24-15(2)5-6-16(24)3/h5-10,18H,4,11-14H2,1-3H3,(H,22,25)/t18-/m1/s1. The van der Waals surface area contributed by atoms with Crippen LogP contribution >= 0.6 is 0 Å². The summed E-state index contributed by atoms with van der Waals surface area (Å²) in [4.78, 5) is 26.6. The molecule has 0 aliphatic carbocycles. The number of benzene rings is 1. The zero-order valence-corrected chi connectivity index (χ0v) is 17.8. The first-order valence-electron chi connectivity index (χ1n) is 9.74. The van der Waals surface area contributed by atoms with Crippen molar-refractivity contribution in [3.8, 4) is 5.69 Å². The summed E-state index contributed by atoms with van der Waals surface area (Å²) < 4.78 is 25.2. The van der Waals surface area contributed by atoms with Crippen molar-refractivity contribution >= 4 is 21.7 Å². The monoisotopic (exact) mass is 417 g/mol. The van der Waals surface area contributed by atoms with E-state index >= 15 is 0 Å². The molecule has 29 heavy (non-hydrogen) atoms. The minimum Gasteiger partial charge on any atom is -0.351 e. The van der Waals surface area contributed by atoms with Crippen LogP contribution in [0.25, 0.3) is 5.69 Å². The van der Waals surface area contributed by atoms with Crippen molar-refractivity contribution in [2.24, 2.45) is 0 Å². The van der Waals surface area contributed by atoms with Crippen molar-refractivity contribution in [2.75, 3.05) is 24.6 Å². The lowest BCUT2D eigenvalue weighted by molar-refractivity contribution is -0.122. The average Bonchev–Trinajstić information content (AvgIpc) is 3.19. The van der Waals surface area contributed by atoms with Crippen LogP contribution in [0, 0.1) is 13.8 Å². The number of hydrogen-bond acceptors (Lipinski definition) is 4. The maximum Gasteiger partial charge on any atom is 0.254 e. The summed E-state index contributed by atoms with van der Waals surface area (Å²) in [5.74, 6) is -0.494. The largest absolute Gasteiger partial charge is 0.351 e. The van der Waals surface area contributed by atoms with Crippen molar-refractivity contribution in [1.29, 1.82) is 0 Å². The summed E-state index contributed by atoms with van der Waals surface area (Å²) in [7, 11) is -3.06. The lowest BCUT2D eigenvalue weighted by Gasteiger charge is -2.22. The first-order chi connectivity index (χ1) is 13.7. The molecule has 3 rings (SSSR count). The summed E-state index contributed by atoms with van der Waals surface area (Å²) in [5, 5.41) is 2.73. The number of nitrogens with one attached hydrogen (secondary N) is 1. The Kier molecular flexibility index (Phi) is 6.12. The van der Waals surface area contributed by atoms with Crippen LogP contribution in [0.1, 0.15) is 35.1 Å². The third kappa shape index (κ3) is 4.87. The lowest BCUT2D eigenvalue weighted by Crippen LogP contribution is -2.44. The number of rotatable bonds is 6. The molecule has 1 atom stereocenters. The maximum atomic E-state index is 12.8. The van der Waals surface area contributed by atoms with Gasteiger partial charge in [0, 0.05) is 35.2 Å². The molecule has 0 bridgehead atoms. The van der Waals surface area contributed by atoms with E-state index in [-0.39, 0.29) is 35.9 Å². The van der Waals surface area contributed by atoms with E-state index in [1.54, 1.807) is 12.1 Å². The van der Waals surface area contributed by atoms with E-state index in [1.165, 1.54) is 4.90 Å². The maximum absolute atomic E-state index is 12.8. The van der Waals surface area contributed by atoms with Crippen molar-refractivity contribution in [2.45, 2.75) is 33.2 Å². The third-order valence-corrected chi connectivity index (χ3v) is 7.01. The number of aromatic nitrogens is 1. The zero-order chi connectivity index (χ0) is 21.2. The van der Waals surface area contributed by atoms with Gasteiger partial charge in [0.2, 0.25) is 5.91 Å². The SMILES string of the molecule is CCN(CC(=O)N[C@@H]1CCS(=O)(=O)C1)C(=O)c1ccc(-n2c(C)ccc2C)cc1. The fourth-order valence-electron chi connectivity index (χ4n) is 3.69. The normalized spacial score (nSPS) is 17.8. The Labute approximate surface area is 171 Å². The molecule has 0 unspecified atom stereocenters. The van der Waals surface area contributed by atoms with E-state index in [1.807, 2.05) is 45.0 Å². The summed E-state index contributed by atoms with van der Waals surface area (Å²) in [6, 6.07) is 11.0. The van der Waals surface area contributed by atoms with Gasteiger partial charge in [0.15, 0.2) is 9.84 Å². The molecule has 2 heterocycles. The van der Waals surface area contributed by atoms with Crippen LogP contribution in [0.15, 0.2) is 36.4 Å². The van der Waals surface area contributed by atoms with Gasteiger partial charge in [0.05, 0.1) is 18.1 Å². The van der Waals surface area contributed by atoms with Gasteiger partial charge in [-0.1, -0.05) is 0 Å². The van der Waals surface area contributed by atoms with Gasteiger partial charge in [-0.3, -0.25) is 9.59 Å². The molecule has 1 aromatic heterocycles. The number of likely N-dealkylation sites (N-methyl/N-ethyl adjacent to an activating group) is 1. The number of nitrogens with zero attached hydrogens (tertiary/aromatic N) is 2. The molecule has 0 spiro atoms. The number of sulfone groups is 1. The van der Waals surface area contributed by atoms with Gasteiger partial charge in [0.1, 0.15) is 0 Å². The first-order valence-corrected chi connectivity index (χ1v) is 11.6. The molecular formula is C21H27N3O4S. The molecule has 2 amide bonds. The van der Waals surface area contributed by atoms with Crippen LogP contribution < -0.4 is 5.32 Å². The quantitative estimate of drug-likeness (QED) is 0.777. The fourth-order valence-corrected chi connectivity index (χ4v) is 5.37. The Morgan fingerprint density at radius 1 is 1.10 bits per heavy atom. The Balaban J connectivity index is 1.65. The second kappa shape index (κ2) is 8.41. The van der Waals surface area contributed by atoms with Gasteiger partial charge in [-0.05, 0) is 63.6 Å². The number of amides is 2. The van der Waals surface area contributed by atoms with Crippen molar-refractivity contribution in [3.05, 3.63) is 53.3 Å². The molecule has 1 N–H and O–H groups in total. The number of hydrogen-bond donors (Lipinski definition) is 1. The van der Waals surface area contributed by atoms with E-state index in [2.05, 4.69) is 9.88 Å². The Morgan fingerprint density at radius 2 is 1.72 bits per heavy atom. The topological polar surface area (TPSA) is 88.5 Å². The van der Waals surface area contributed by atoms with Crippen LogP contribution in [-0.4, -0.2) is 60.3 Å². The van der Waals surface area contributed by atoms with E-state index in [9.17, 15) is 18.0 Å². The highest BCUT2D eigenvalue weighted by Crippen LogP contribution is 2.18. The Bertz CT molecular complexity index is 990. The lowest BCUT2D eigenvalue weighted by atomic mass is 10.1. The Hall–Kier alpha value is -2.61. The highest BCUT2D eigenvalue weighted by Gasteiger charge is 2.29. The van der Waals surface area contributed by atoms with Crippen molar-refractivity contribution in [3.63, 3.8) is 0 Å². The molecule has 1 aromatic carbocycles. The van der Waals surface area contributed by atoms with Crippen LogP contribution in [0.5, 0.6) is 0 Å². The van der Waals surface area contributed by atoms with Gasteiger partial charge in [0.25, 0.3) is 5.91 Å². The minimum atomic E-state index is -3.06. The molecular weight excluding hydrogens is 390 g/mol. The van der Waals surface area contributed by atoms with Crippen molar-refractivity contribution in [1.82, 2.24) is 14.8 Å². The molecule has 0 radical (unpaired) electrons. The highest BCUT2D eigenvalue weighted by atomic mass is 32.2. The van der Waals surface area contributed by atoms with Gasteiger partial charge in [-0.25, -0.2) is 8.42 Å². The second-order valence-electron chi connectivity index (χ2n) is 7.49. The zero-order valence-electron chi connectivity index (χ0n) is 17.0. The van der Waals surface area contributed by atoms with Gasteiger partial charge < -0.3 is 14.8 Å². The summed E-state index contributed by atoms with van der Waals surface area (Å²) in [6.07, 6.45) is 0.424. The number of carbonyl (C=O) groups excluding carboxylic acids is 2. The van der Waals surface area contributed by atoms with E-state index < -0.39 is 9.84 Å². The van der Waals surface area contributed by atoms with E-state index in [0.29, 0.717) is 18.5 Å². The van der Waals surface area contributed by atoms with Gasteiger partial charge in [-0.2, -0.15) is 0 Å². The molecule has 7 nitrogen and oxygen atoms in total. The molecule has 1 fully saturated rings. The predicted octanol–water partition coefficient (Wildman–Crippen LogP) is 1.86. The number of aryl methyl sites for hydroxylation is 2. The smallest absolute Gasteiger partial charge is 0.254 e. The fraction of sp³-hybridized carbons (Fsp3) is 0.429. The van der Waals surface area contributed by atoms with Gasteiger partial charge >= 0.3 is 0 Å². The van der Waals surface area contributed by atoms with Crippen LogP contribution in [0.3, 0.4) is 0 Å². The van der Waals surface area contributed by atoms with Gasteiger partial charge in [-0.15, -0.1) is 0 Å². The van der Waals surface area contributed by atoms with Crippen LogP contribution in [0.4, 0.5) is 0 Å². The summed E-state index contributed by atoms with van der Waals surface area (Å²) >= 11 is 0. The second-order valence-corrected chi connectivity index (χ2v) is 9.71. The molecule has 1 saturated heterocycles. The number of carbonyl (C=O) groups is 2. The molecule has 1 aliphatic heterocycles. The summed E-state index contributed by atoms with van der Waals surface area (Å²) in [6.45, 7) is 6.15. The molecule has 8 heteroatoms. The van der Waals surface area contributed by atoms with Crippen LogP contribution in [-0.2, 0) is 14.6 Å². The third-order valence-electron chi connectivity index (χ3n) is 5.24. The average molecular weight is 418 g/mol. The van der Waals surface area contributed by atoms with E-state index in [0.717, 1.165) is 17.1 Å². The molecule has 156 valence electrons. The van der Waals surface area contributed by atoms with Crippen molar-refractivity contribution < 1.29 is 18.0 Å². The van der Waals surface area contributed by atoms with E-state index in [4.69, 9.17) is 0 Å². The highest BCUT2D eigenvalue weighted by molar-refractivity contribution is 7.91. The molecule has 2 aromatic rings. The molecule has 0 saturated carbocycles. The summed E-state index contributed by atoms with van der Waals surface area (Å²) in [5.41, 5.74) is 3.71.